The first-order chi connectivity index (χ1) is 9.13. The Kier molecular flexibility index (Phi) is 3.86. The maximum absolute atomic E-state index is 6.11. The summed E-state index contributed by atoms with van der Waals surface area (Å²) in [5, 5.41) is 0. The van der Waals surface area contributed by atoms with Crippen molar-refractivity contribution in [1.29, 1.82) is 0 Å². The molecule has 1 aromatic rings. The maximum Gasteiger partial charge on any atom is 0.125 e. The Hall–Kier alpha value is -0.540. The van der Waals surface area contributed by atoms with Gasteiger partial charge in [0.1, 0.15) is 5.75 Å². The second-order valence-corrected chi connectivity index (χ2v) is 7.13. The van der Waals surface area contributed by atoms with Gasteiger partial charge in [0.25, 0.3) is 0 Å². The highest BCUT2D eigenvalue weighted by Gasteiger charge is 2.39. The standard InChI is InChI=1S/C16H22BrNO/c1-10(18)15-5-4-14(17)8-16(15)19-9-13-7-11-2-3-12(13)6-11/h4-5,8,10-13H,2-3,6-7,9,18H2,1H3/t10-,11?,12?,13?/m1/s1. The molecule has 0 saturated heterocycles. The van der Waals surface area contributed by atoms with Crippen molar-refractivity contribution >= 4 is 15.9 Å². The zero-order valence-electron chi connectivity index (χ0n) is 11.4. The summed E-state index contributed by atoms with van der Waals surface area (Å²) < 4.78 is 7.16. The van der Waals surface area contributed by atoms with Crippen LogP contribution in [0.25, 0.3) is 0 Å². The van der Waals surface area contributed by atoms with E-state index in [0.717, 1.165) is 40.1 Å². The predicted molar refractivity (Wildman–Crippen MR) is 81.2 cm³/mol. The monoisotopic (exact) mass is 323 g/mol. The van der Waals surface area contributed by atoms with Crippen LogP contribution in [-0.4, -0.2) is 6.61 Å². The topological polar surface area (TPSA) is 35.2 Å². The zero-order chi connectivity index (χ0) is 13.4. The van der Waals surface area contributed by atoms with Crippen molar-refractivity contribution in [1.82, 2.24) is 0 Å². The lowest BCUT2D eigenvalue weighted by atomic mass is 9.89. The van der Waals surface area contributed by atoms with Crippen molar-refractivity contribution in [2.75, 3.05) is 6.61 Å². The van der Waals surface area contributed by atoms with Crippen LogP contribution >= 0.6 is 15.9 Å². The Labute approximate surface area is 123 Å². The number of rotatable bonds is 4. The van der Waals surface area contributed by atoms with E-state index in [4.69, 9.17) is 10.5 Å². The maximum atomic E-state index is 6.11. The Morgan fingerprint density at radius 2 is 2.21 bits per heavy atom. The minimum atomic E-state index is 0.0168. The van der Waals surface area contributed by atoms with Crippen molar-refractivity contribution < 1.29 is 4.74 Å². The fourth-order valence-electron chi connectivity index (χ4n) is 3.79. The summed E-state index contributed by atoms with van der Waals surface area (Å²) in [6.07, 6.45) is 5.67. The van der Waals surface area contributed by atoms with E-state index in [1.54, 1.807) is 0 Å². The summed E-state index contributed by atoms with van der Waals surface area (Å²) >= 11 is 3.51. The van der Waals surface area contributed by atoms with E-state index in [1.165, 1.54) is 25.7 Å². The number of hydrogen-bond acceptors (Lipinski definition) is 2. The van der Waals surface area contributed by atoms with Crippen molar-refractivity contribution in [3.63, 3.8) is 0 Å². The molecule has 0 aromatic heterocycles. The fourth-order valence-corrected chi connectivity index (χ4v) is 4.13. The van der Waals surface area contributed by atoms with Gasteiger partial charge in [-0.2, -0.15) is 0 Å². The van der Waals surface area contributed by atoms with E-state index in [9.17, 15) is 0 Å². The number of benzene rings is 1. The van der Waals surface area contributed by atoms with Crippen LogP contribution in [0.1, 0.15) is 44.2 Å². The minimum Gasteiger partial charge on any atom is -0.493 e. The molecule has 2 bridgehead atoms. The molecule has 3 heteroatoms. The van der Waals surface area contributed by atoms with Gasteiger partial charge in [-0.1, -0.05) is 28.4 Å². The van der Waals surface area contributed by atoms with Crippen LogP contribution in [0.5, 0.6) is 5.75 Å². The Morgan fingerprint density at radius 1 is 1.37 bits per heavy atom. The molecule has 3 unspecified atom stereocenters. The number of hydrogen-bond donors (Lipinski definition) is 1. The lowest BCUT2D eigenvalue weighted by molar-refractivity contribution is 0.193. The molecule has 2 saturated carbocycles. The van der Waals surface area contributed by atoms with Crippen LogP contribution in [0.3, 0.4) is 0 Å². The number of ether oxygens (including phenoxy) is 1. The Balaban J connectivity index is 1.67. The molecule has 3 rings (SSSR count). The first kappa shape index (κ1) is 13.4. The van der Waals surface area contributed by atoms with Crippen LogP contribution in [0.2, 0.25) is 0 Å². The molecular weight excluding hydrogens is 302 g/mol. The molecule has 2 aliphatic carbocycles. The molecule has 0 aliphatic heterocycles. The van der Waals surface area contributed by atoms with Crippen molar-refractivity contribution in [2.24, 2.45) is 23.5 Å². The molecule has 4 atom stereocenters. The average Bonchev–Trinajstić information content (AvgIpc) is 2.98. The third-order valence-corrected chi connectivity index (χ3v) is 5.30. The van der Waals surface area contributed by atoms with Gasteiger partial charge in [0, 0.05) is 16.1 Å². The first-order valence-electron chi connectivity index (χ1n) is 7.31. The van der Waals surface area contributed by atoms with Gasteiger partial charge in [-0.05, 0) is 56.1 Å². The summed E-state index contributed by atoms with van der Waals surface area (Å²) in [6, 6.07) is 6.16. The summed E-state index contributed by atoms with van der Waals surface area (Å²) in [7, 11) is 0. The zero-order valence-corrected chi connectivity index (χ0v) is 13.0. The van der Waals surface area contributed by atoms with Gasteiger partial charge >= 0.3 is 0 Å². The van der Waals surface area contributed by atoms with E-state index in [0.29, 0.717) is 0 Å². The average molecular weight is 324 g/mol. The number of halogens is 1. The number of nitrogens with two attached hydrogens (primary N) is 1. The molecule has 0 heterocycles. The molecule has 2 fully saturated rings. The molecule has 1 aromatic carbocycles. The van der Waals surface area contributed by atoms with Crippen LogP contribution in [0.4, 0.5) is 0 Å². The molecule has 0 spiro atoms. The second kappa shape index (κ2) is 5.45. The summed E-state index contributed by atoms with van der Waals surface area (Å²) in [5.74, 6) is 3.61. The van der Waals surface area contributed by atoms with E-state index in [2.05, 4.69) is 22.0 Å². The lowest BCUT2D eigenvalue weighted by Gasteiger charge is -2.23. The van der Waals surface area contributed by atoms with Gasteiger partial charge in [-0.25, -0.2) is 0 Å². The van der Waals surface area contributed by atoms with E-state index >= 15 is 0 Å². The van der Waals surface area contributed by atoms with Gasteiger partial charge in [0.15, 0.2) is 0 Å². The van der Waals surface area contributed by atoms with Crippen LogP contribution in [0.15, 0.2) is 22.7 Å². The van der Waals surface area contributed by atoms with Gasteiger partial charge < -0.3 is 10.5 Å². The largest absolute Gasteiger partial charge is 0.493 e. The summed E-state index contributed by atoms with van der Waals surface area (Å²) in [6.45, 7) is 2.87. The van der Waals surface area contributed by atoms with Gasteiger partial charge in [0.2, 0.25) is 0 Å². The third-order valence-electron chi connectivity index (χ3n) is 4.80. The second-order valence-electron chi connectivity index (χ2n) is 6.22. The van der Waals surface area contributed by atoms with Crippen molar-refractivity contribution in [3.05, 3.63) is 28.2 Å². The Bertz CT molecular complexity index is 460. The van der Waals surface area contributed by atoms with Gasteiger partial charge in [-0.15, -0.1) is 0 Å². The highest BCUT2D eigenvalue weighted by Crippen LogP contribution is 2.48. The van der Waals surface area contributed by atoms with Crippen LogP contribution in [-0.2, 0) is 0 Å². The van der Waals surface area contributed by atoms with Crippen LogP contribution < -0.4 is 10.5 Å². The van der Waals surface area contributed by atoms with Crippen molar-refractivity contribution in [3.8, 4) is 5.75 Å². The minimum absolute atomic E-state index is 0.0168. The lowest BCUT2D eigenvalue weighted by Crippen LogP contribution is -2.19. The fraction of sp³-hybridized carbons (Fsp3) is 0.625. The summed E-state index contributed by atoms with van der Waals surface area (Å²) in [5.41, 5.74) is 7.12. The Morgan fingerprint density at radius 3 is 2.84 bits per heavy atom. The highest BCUT2D eigenvalue weighted by atomic mass is 79.9. The smallest absolute Gasteiger partial charge is 0.125 e. The van der Waals surface area contributed by atoms with Crippen molar-refractivity contribution in [2.45, 2.75) is 38.6 Å². The highest BCUT2D eigenvalue weighted by molar-refractivity contribution is 9.10. The predicted octanol–water partition coefficient (Wildman–Crippen LogP) is 4.28. The van der Waals surface area contributed by atoms with E-state index in [1.807, 2.05) is 19.1 Å². The molecule has 2 N–H and O–H groups in total. The van der Waals surface area contributed by atoms with E-state index < -0.39 is 0 Å². The first-order valence-corrected chi connectivity index (χ1v) is 8.10. The quantitative estimate of drug-likeness (QED) is 0.897. The molecule has 2 aliphatic rings. The molecule has 2 nitrogen and oxygen atoms in total. The SMILES string of the molecule is C[C@@H](N)c1ccc(Br)cc1OCC1CC2CCC1C2. The molecule has 104 valence electrons. The summed E-state index contributed by atoms with van der Waals surface area (Å²) in [4.78, 5) is 0. The normalized spacial score (nSPS) is 30.6. The van der Waals surface area contributed by atoms with Gasteiger partial charge in [0.05, 0.1) is 6.61 Å². The van der Waals surface area contributed by atoms with E-state index in [-0.39, 0.29) is 6.04 Å². The van der Waals surface area contributed by atoms with Gasteiger partial charge in [-0.3, -0.25) is 0 Å². The third kappa shape index (κ3) is 2.82. The molecule has 0 radical (unpaired) electrons. The van der Waals surface area contributed by atoms with Crippen LogP contribution in [0, 0.1) is 17.8 Å². The molecule has 19 heavy (non-hydrogen) atoms. The molecular formula is C16H22BrNO. The molecule has 0 amide bonds. The number of fused-ring (bicyclic) bond motifs is 2.